The third kappa shape index (κ3) is 3.01. The summed E-state index contributed by atoms with van der Waals surface area (Å²) in [5.74, 6) is 0.676. The van der Waals surface area contributed by atoms with Gasteiger partial charge in [-0.1, -0.05) is 35.3 Å². The second-order valence-electron chi connectivity index (χ2n) is 3.99. The van der Waals surface area contributed by atoms with Crippen LogP contribution < -0.4 is 4.74 Å². The van der Waals surface area contributed by atoms with Gasteiger partial charge in [0.15, 0.2) is 0 Å². The molecule has 2 rings (SSSR count). The van der Waals surface area contributed by atoms with Gasteiger partial charge < -0.3 is 4.74 Å². The third-order valence-corrected chi connectivity index (χ3v) is 3.36. The highest BCUT2D eigenvalue weighted by Gasteiger charge is 2.09. The first kappa shape index (κ1) is 13.7. The van der Waals surface area contributed by atoms with Gasteiger partial charge in [-0.05, 0) is 29.8 Å². The van der Waals surface area contributed by atoms with Crippen molar-refractivity contribution in [3.63, 3.8) is 0 Å². The molecule has 0 heterocycles. The molecule has 0 saturated carbocycles. The van der Waals surface area contributed by atoms with Crippen LogP contribution in [-0.4, -0.2) is 7.11 Å². The number of methoxy groups -OCH3 is 1. The summed E-state index contributed by atoms with van der Waals surface area (Å²) in [7, 11) is 1.58. The molecule has 0 amide bonds. The summed E-state index contributed by atoms with van der Waals surface area (Å²) >= 11 is 12.2. The summed E-state index contributed by atoms with van der Waals surface area (Å²) in [6, 6.07) is 13.1. The van der Waals surface area contributed by atoms with Crippen molar-refractivity contribution in [2.45, 2.75) is 6.42 Å². The SMILES string of the molecule is COc1cc(-c2cc(Cl)ccc2Cl)ccc1CC#N. The Morgan fingerprint density at radius 2 is 1.95 bits per heavy atom. The van der Waals surface area contributed by atoms with Crippen LogP contribution in [0.2, 0.25) is 10.0 Å². The standard InChI is InChI=1S/C15H11Cl2NO/c1-19-15-8-11(3-2-10(15)6-7-18)13-9-12(16)4-5-14(13)17/h2-5,8-9H,6H2,1H3. The van der Waals surface area contributed by atoms with E-state index in [4.69, 9.17) is 33.2 Å². The lowest BCUT2D eigenvalue weighted by Crippen LogP contribution is -1.92. The molecule has 2 aromatic rings. The normalized spacial score (nSPS) is 10.0. The van der Waals surface area contributed by atoms with Crippen LogP contribution in [0.15, 0.2) is 36.4 Å². The Labute approximate surface area is 122 Å². The molecule has 2 aromatic carbocycles. The molecular formula is C15H11Cl2NO. The molecule has 2 nitrogen and oxygen atoms in total. The monoisotopic (exact) mass is 291 g/mol. The van der Waals surface area contributed by atoms with Gasteiger partial charge in [0.25, 0.3) is 0 Å². The van der Waals surface area contributed by atoms with Crippen LogP contribution in [0, 0.1) is 11.3 Å². The summed E-state index contributed by atoms with van der Waals surface area (Å²) in [5.41, 5.74) is 2.61. The molecule has 0 aliphatic rings. The van der Waals surface area contributed by atoms with Crippen molar-refractivity contribution in [1.82, 2.24) is 0 Å². The molecule has 0 bridgehead atoms. The number of nitriles is 1. The first-order valence-electron chi connectivity index (χ1n) is 5.65. The van der Waals surface area contributed by atoms with E-state index in [9.17, 15) is 0 Å². The van der Waals surface area contributed by atoms with E-state index in [1.165, 1.54) is 0 Å². The topological polar surface area (TPSA) is 33.0 Å². The Hall–Kier alpha value is -1.69. The molecule has 0 radical (unpaired) electrons. The molecule has 0 saturated heterocycles. The van der Waals surface area contributed by atoms with Crippen LogP contribution in [0.25, 0.3) is 11.1 Å². The molecule has 0 aromatic heterocycles. The fourth-order valence-electron chi connectivity index (χ4n) is 1.86. The number of hydrogen-bond donors (Lipinski definition) is 0. The van der Waals surface area contributed by atoms with Gasteiger partial charge in [0.2, 0.25) is 0 Å². The number of nitrogens with zero attached hydrogens (tertiary/aromatic N) is 1. The van der Waals surface area contributed by atoms with E-state index in [0.29, 0.717) is 22.2 Å². The van der Waals surface area contributed by atoms with Crippen molar-refractivity contribution in [3.8, 4) is 22.9 Å². The van der Waals surface area contributed by atoms with Crippen LogP contribution >= 0.6 is 23.2 Å². The van der Waals surface area contributed by atoms with Gasteiger partial charge >= 0.3 is 0 Å². The first-order chi connectivity index (χ1) is 9.15. The van der Waals surface area contributed by atoms with E-state index in [-0.39, 0.29) is 0 Å². The quantitative estimate of drug-likeness (QED) is 0.819. The molecule has 0 spiro atoms. The highest BCUT2D eigenvalue weighted by Crippen LogP contribution is 2.33. The molecule has 19 heavy (non-hydrogen) atoms. The number of benzene rings is 2. The van der Waals surface area contributed by atoms with Gasteiger partial charge in [-0.2, -0.15) is 5.26 Å². The van der Waals surface area contributed by atoms with Crippen molar-refractivity contribution >= 4 is 23.2 Å². The fraction of sp³-hybridized carbons (Fsp3) is 0.133. The van der Waals surface area contributed by atoms with Gasteiger partial charge in [0.05, 0.1) is 19.6 Å². The van der Waals surface area contributed by atoms with E-state index in [1.54, 1.807) is 19.2 Å². The van der Waals surface area contributed by atoms with E-state index >= 15 is 0 Å². The van der Waals surface area contributed by atoms with Crippen LogP contribution in [-0.2, 0) is 6.42 Å². The lowest BCUT2D eigenvalue weighted by molar-refractivity contribution is 0.411. The molecule has 96 valence electrons. The largest absolute Gasteiger partial charge is 0.496 e. The van der Waals surface area contributed by atoms with E-state index in [0.717, 1.165) is 16.7 Å². The van der Waals surface area contributed by atoms with E-state index in [1.807, 2.05) is 24.3 Å². The zero-order valence-corrected chi connectivity index (χ0v) is 11.8. The Kier molecular flexibility index (Phi) is 4.31. The maximum Gasteiger partial charge on any atom is 0.123 e. The molecule has 0 aliphatic carbocycles. The second-order valence-corrected chi connectivity index (χ2v) is 4.83. The Morgan fingerprint density at radius 1 is 1.16 bits per heavy atom. The smallest absolute Gasteiger partial charge is 0.123 e. The van der Waals surface area contributed by atoms with Crippen molar-refractivity contribution in [2.75, 3.05) is 7.11 Å². The summed E-state index contributed by atoms with van der Waals surface area (Å²) in [6.45, 7) is 0. The fourth-order valence-corrected chi connectivity index (χ4v) is 2.26. The molecular weight excluding hydrogens is 281 g/mol. The first-order valence-corrected chi connectivity index (χ1v) is 6.40. The van der Waals surface area contributed by atoms with Crippen LogP contribution in [0.1, 0.15) is 5.56 Å². The lowest BCUT2D eigenvalue weighted by atomic mass is 10.0. The van der Waals surface area contributed by atoms with E-state index < -0.39 is 0 Å². The summed E-state index contributed by atoms with van der Waals surface area (Å²) in [6.07, 6.45) is 0.312. The Balaban J connectivity index is 2.52. The summed E-state index contributed by atoms with van der Waals surface area (Å²) < 4.78 is 5.30. The minimum Gasteiger partial charge on any atom is -0.496 e. The predicted octanol–water partition coefficient (Wildman–Crippen LogP) is 4.74. The van der Waals surface area contributed by atoms with Gasteiger partial charge in [-0.3, -0.25) is 0 Å². The number of halogens is 2. The average Bonchev–Trinajstić information content (AvgIpc) is 2.42. The number of hydrogen-bond acceptors (Lipinski definition) is 2. The number of ether oxygens (including phenoxy) is 1. The minimum atomic E-state index is 0.312. The Morgan fingerprint density at radius 3 is 2.63 bits per heavy atom. The van der Waals surface area contributed by atoms with Gasteiger partial charge in [0.1, 0.15) is 5.75 Å². The summed E-state index contributed by atoms with van der Waals surface area (Å²) in [4.78, 5) is 0. The molecule has 0 aliphatic heterocycles. The maximum absolute atomic E-state index is 8.76. The van der Waals surface area contributed by atoms with Gasteiger partial charge in [-0.15, -0.1) is 0 Å². The summed E-state index contributed by atoms with van der Waals surface area (Å²) in [5, 5.41) is 10.0. The van der Waals surface area contributed by atoms with E-state index in [2.05, 4.69) is 6.07 Å². The molecule has 0 atom stereocenters. The van der Waals surface area contributed by atoms with Crippen LogP contribution in [0.3, 0.4) is 0 Å². The highest BCUT2D eigenvalue weighted by atomic mass is 35.5. The van der Waals surface area contributed by atoms with Gasteiger partial charge in [-0.25, -0.2) is 0 Å². The highest BCUT2D eigenvalue weighted by molar-refractivity contribution is 6.35. The minimum absolute atomic E-state index is 0.312. The second kappa shape index (κ2) is 5.97. The zero-order valence-electron chi connectivity index (χ0n) is 10.3. The van der Waals surface area contributed by atoms with Crippen LogP contribution in [0.5, 0.6) is 5.75 Å². The lowest BCUT2D eigenvalue weighted by Gasteiger charge is -2.10. The molecule has 0 N–H and O–H groups in total. The van der Waals surface area contributed by atoms with Gasteiger partial charge in [0, 0.05) is 21.2 Å². The molecule has 4 heteroatoms. The zero-order chi connectivity index (χ0) is 13.8. The van der Waals surface area contributed by atoms with Crippen molar-refractivity contribution in [1.29, 1.82) is 5.26 Å². The average molecular weight is 292 g/mol. The predicted molar refractivity (Wildman–Crippen MR) is 77.8 cm³/mol. The van der Waals surface area contributed by atoms with Crippen molar-refractivity contribution in [3.05, 3.63) is 52.0 Å². The maximum atomic E-state index is 8.76. The van der Waals surface area contributed by atoms with Crippen molar-refractivity contribution < 1.29 is 4.74 Å². The number of rotatable bonds is 3. The third-order valence-electron chi connectivity index (χ3n) is 2.80. The van der Waals surface area contributed by atoms with Crippen molar-refractivity contribution in [2.24, 2.45) is 0 Å². The molecule has 0 fully saturated rings. The molecule has 0 unspecified atom stereocenters. The Bertz CT molecular complexity index is 647. The van der Waals surface area contributed by atoms with Crippen LogP contribution in [0.4, 0.5) is 0 Å².